The molecule has 148 valence electrons. The van der Waals surface area contributed by atoms with Crippen molar-refractivity contribution in [3.63, 3.8) is 0 Å². The monoisotopic (exact) mass is 387 g/mol. The van der Waals surface area contributed by atoms with E-state index in [0.29, 0.717) is 12.1 Å². The molecule has 7 heteroatoms. The van der Waals surface area contributed by atoms with E-state index in [4.69, 9.17) is 4.98 Å². The second kappa shape index (κ2) is 6.99. The third-order valence-electron chi connectivity index (χ3n) is 5.90. The van der Waals surface area contributed by atoms with Gasteiger partial charge in [-0.1, -0.05) is 26.0 Å². The van der Waals surface area contributed by atoms with Crippen molar-refractivity contribution >= 4 is 5.52 Å². The number of nitrogens with zero attached hydrogens (tertiary/aromatic N) is 7. The number of fused-ring (bicyclic) bond motifs is 1. The minimum atomic E-state index is 0.406. The highest BCUT2D eigenvalue weighted by molar-refractivity contribution is 5.78. The fourth-order valence-corrected chi connectivity index (χ4v) is 4.07. The highest BCUT2D eigenvalue weighted by atomic mass is 15.3. The van der Waals surface area contributed by atoms with Gasteiger partial charge in [-0.2, -0.15) is 15.3 Å². The highest BCUT2D eigenvalue weighted by Gasteiger charge is 2.24. The first kappa shape index (κ1) is 17.8. The van der Waals surface area contributed by atoms with Gasteiger partial charge < -0.3 is 0 Å². The van der Waals surface area contributed by atoms with Crippen LogP contribution in [0, 0.1) is 0 Å². The van der Waals surface area contributed by atoms with Gasteiger partial charge in [0.05, 0.1) is 53.8 Å². The molecule has 1 fully saturated rings. The Balaban J connectivity index is 1.55. The van der Waals surface area contributed by atoms with Crippen molar-refractivity contribution < 1.29 is 0 Å². The Morgan fingerprint density at radius 3 is 2.59 bits per heavy atom. The van der Waals surface area contributed by atoms with Crippen molar-refractivity contribution in [1.82, 2.24) is 34.2 Å². The van der Waals surface area contributed by atoms with Crippen LogP contribution in [-0.4, -0.2) is 34.2 Å². The summed E-state index contributed by atoms with van der Waals surface area (Å²) in [7, 11) is 0. The lowest BCUT2D eigenvalue weighted by Crippen LogP contribution is -2.19. The molecule has 0 aromatic carbocycles. The Morgan fingerprint density at radius 1 is 1.03 bits per heavy atom. The van der Waals surface area contributed by atoms with E-state index in [1.807, 2.05) is 33.9 Å². The van der Waals surface area contributed by atoms with Crippen LogP contribution >= 0.6 is 0 Å². The van der Waals surface area contributed by atoms with Crippen molar-refractivity contribution in [3.05, 3.63) is 55.4 Å². The zero-order valence-corrected chi connectivity index (χ0v) is 16.9. The van der Waals surface area contributed by atoms with Gasteiger partial charge in [-0.15, -0.1) is 0 Å². The summed E-state index contributed by atoms with van der Waals surface area (Å²) < 4.78 is 5.97. The van der Waals surface area contributed by atoms with Crippen LogP contribution in [0.15, 0.2) is 55.4 Å². The maximum Gasteiger partial charge on any atom is 0.0999 e. The van der Waals surface area contributed by atoms with Crippen molar-refractivity contribution in [2.24, 2.45) is 0 Å². The van der Waals surface area contributed by atoms with Crippen LogP contribution in [0.25, 0.3) is 28.0 Å². The minimum absolute atomic E-state index is 0.406. The van der Waals surface area contributed by atoms with Gasteiger partial charge in [0.25, 0.3) is 0 Å². The quantitative estimate of drug-likeness (QED) is 0.450. The molecule has 7 nitrogen and oxygen atoms in total. The van der Waals surface area contributed by atoms with Crippen LogP contribution in [0.5, 0.6) is 0 Å². The van der Waals surface area contributed by atoms with Crippen LogP contribution < -0.4 is 0 Å². The van der Waals surface area contributed by atoms with Crippen LogP contribution in [0.4, 0.5) is 0 Å². The number of rotatable bonds is 6. The Kier molecular flexibility index (Phi) is 4.30. The first-order chi connectivity index (χ1) is 14.2. The average molecular weight is 387 g/mol. The third-order valence-corrected chi connectivity index (χ3v) is 5.90. The van der Waals surface area contributed by atoms with E-state index in [2.05, 4.69) is 52.8 Å². The van der Waals surface area contributed by atoms with Crippen LogP contribution in [0.3, 0.4) is 0 Å². The van der Waals surface area contributed by atoms with Crippen LogP contribution in [0.1, 0.15) is 51.6 Å². The molecular formula is C22H25N7. The fraction of sp³-hybridized carbons (Fsp3) is 0.364. The summed E-state index contributed by atoms with van der Waals surface area (Å²) in [6.07, 6.45) is 15.9. The molecule has 0 N–H and O–H groups in total. The third kappa shape index (κ3) is 3.06. The van der Waals surface area contributed by atoms with Gasteiger partial charge in [0, 0.05) is 23.5 Å². The lowest BCUT2D eigenvalue weighted by Gasteiger charge is -2.28. The summed E-state index contributed by atoms with van der Waals surface area (Å²) in [5.74, 6) is 0. The molecule has 29 heavy (non-hydrogen) atoms. The van der Waals surface area contributed by atoms with Gasteiger partial charge in [0.15, 0.2) is 0 Å². The topological polar surface area (TPSA) is 65.8 Å². The molecule has 1 aliphatic carbocycles. The number of hydrogen-bond donors (Lipinski definition) is 0. The van der Waals surface area contributed by atoms with Crippen molar-refractivity contribution in [3.8, 4) is 22.5 Å². The Labute approximate surface area is 169 Å². The average Bonchev–Trinajstić information content (AvgIpc) is 3.45. The van der Waals surface area contributed by atoms with Gasteiger partial charge in [-0.3, -0.25) is 9.36 Å². The highest BCUT2D eigenvalue weighted by Crippen LogP contribution is 2.36. The van der Waals surface area contributed by atoms with Crippen LogP contribution in [-0.2, 0) is 0 Å². The van der Waals surface area contributed by atoms with Gasteiger partial charge in [-0.25, -0.2) is 9.50 Å². The summed E-state index contributed by atoms with van der Waals surface area (Å²) in [6, 6.07) is 2.81. The van der Waals surface area contributed by atoms with E-state index >= 15 is 0 Å². The van der Waals surface area contributed by atoms with E-state index in [0.717, 1.165) is 53.7 Å². The standard InChI is InChI=1S/C22H25N7/c1-4-18(5-2)27-13-17(11-25-27)22-21-6-7-23-29(21)14-20(26-22)16-10-24-28(12-16)19-8-15(3)9-19/h6-7,10-14,18-19H,3-5,8-9H2,1-2H3. The molecule has 4 aromatic rings. The maximum atomic E-state index is 4.98. The first-order valence-corrected chi connectivity index (χ1v) is 10.3. The lowest BCUT2D eigenvalue weighted by atomic mass is 9.88. The second-order valence-electron chi connectivity index (χ2n) is 7.84. The molecule has 0 saturated heterocycles. The summed E-state index contributed by atoms with van der Waals surface area (Å²) in [6.45, 7) is 8.41. The van der Waals surface area contributed by atoms with E-state index in [1.165, 1.54) is 5.57 Å². The van der Waals surface area contributed by atoms with E-state index in [9.17, 15) is 0 Å². The zero-order valence-electron chi connectivity index (χ0n) is 16.9. The van der Waals surface area contributed by atoms with Crippen molar-refractivity contribution in [1.29, 1.82) is 0 Å². The summed E-state index contributed by atoms with van der Waals surface area (Å²) in [4.78, 5) is 4.98. The lowest BCUT2D eigenvalue weighted by molar-refractivity contribution is 0.373. The SMILES string of the molecule is C=C1CC(n2cc(-c3cn4nccc4c(-c4cnn(C(CC)CC)c4)n3)cn2)C1. The molecule has 0 spiro atoms. The molecule has 0 unspecified atom stereocenters. The van der Waals surface area contributed by atoms with Gasteiger partial charge in [0.1, 0.15) is 0 Å². The Morgan fingerprint density at radius 2 is 1.83 bits per heavy atom. The molecular weight excluding hydrogens is 362 g/mol. The van der Waals surface area contributed by atoms with Crippen molar-refractivity contribution in [2.75, 3.05) is 0 Å². The molecule has 0 atom stereocenters. The molecule has 1 saturated carbocycles. The molecule has 0 bridgehead atoms. The molecule has 1 aliphatic rings. The van der Waals surface area contributed by atoms with Gasteiger partial charge >= 0.3 is 0 Å². The zero-order chi connectivity index (χ0) is 20.0. The molecule has 0 radical (unpaired) electrons. The molecule has 5 rings (SSSR count). The number of hydrogen-bond acceptors (Lipinski definition) is 4. The fourth-order valence-electron chi connectivity index (χ4n) is 4.07. The predicted molar refractivity (Wildman–Crippen MR) is 112 cm³/mol. The Bertz CT molecular complexity index is 1170. The smallest absolute Gasteiger partial charge is 0.0999 e. The van der Waals surface area contributed by atoms with E-state index in [1.54, 1.807) is 6.20 Å². The minimum Gasteiger partial charge on any atom is -0.269 e. The molecule has 0 amide bonds. The predicted octanol–water partition coefficient (Wildman–Crippen LogP) is 4.71. The molecule has 4 aromatic heterocycles. The first-order valence-electron chi connectivity index (χ1n) is 10.3. The van der Waals surface area contributed by atoms with Crippen LogP contribution in [0.2, 0.25) is 0 Å². The maximum absolute atomic E-state index is 4.98. The molecule has 4 heterocycles. The molecule has 0 aliphatic heterocycles. The second-order valence-corrected chi connectivity index (χ2v) is 7.84. The number of aromatic nitrogens is 7. The summed E-state index contributed by atoms with van der Waals surface area (Å²) in [5, 5.41) is 13.6. The summed E-state index contributed by atoms with van der Waals surface area (Å²) >= 11 is 0. The van der Waals surface area contributed by atoms with Gasteiger partial charge in [0.2, 0.25) is 0 Å². The number of allylic oxidation sites excluding steroid dienone is 1. The van der Waals surface area contributed by atoms with Gasteiger partial charge in [-0.05, 0) is 31.7 Å². The largest absolute Gasteiger partial charge is 0.269 e. The normalized spacial score (nSPS) is 14.8. The van der Waals surface area contributed by atoms with E-state index in [-0.39, 0.29) is 0 Å². The van der Waals surface area contributed by atoms with E-state index < -0.39 is 0 Å². The summed E-state index contributed by atoms with van der Waals surface area (Å²) in [5.41, 5.74) is 6.01. The Hall–Kier alpha value is -3.22. The van der Waals surface area contributed by atoms with Crippen molar-refractivity contribution in [2.45, 2.75) is 51.6 Å².